The lowest BCUT2D eigenvalue weighted by Crippen LogP contribution is -2.12. The maximum Gasteiger partial charge on any atom is 0.137 e. The van der Waals surface area contributed by atoms with Crippen molar-refractivity contribution in [3.8, 4) is 11.5 Å². The molecule has 0 aromatic heterocycles. The van der Waals surface area contributed by atoms with Gasteiger partial charge in [0.05, 0.1) is 19.9 Å². The third kappa shape index (κ3) is 3.10. The monoisotopic (exact) mass is 347 g/mol. The molecule has 3 aromatic carbocycles. The van der Waals surface area contributed by atoms with Crippen LogP contribution in [0, 0.1) is 0 Å². The van der Waals surface area contributed by atoms with E-state index in [1.807, 2.05) is 36.4 Å². The molecule has 0 N–H and O–H groups in total. The molecule has 0 spiro atoms. The minimum atomic E-state index is 0.0159. The number of benzene rings is 3. The first-order valence-electron chi connectivity index (χ1n) is 8.70. The van der Waals surface area contributed by atoms with Gasteiger partial charge in [-0.05, 0) is 40.8 Å². The van der Waals surface area contributed by atoms with Crippen molar-refractivity contribution in [3.63, 3.8) is 0 Å². The highest BCUT2D eigenvalue weighted by atomic mass is 16.6. The normalized spacial score (nSPS) is 16.2. The van der Waals surface area contributed by atoms with Crippen LogP contribution in [0.3, 0.4) is 0 Å². The van der Waals surface area contributed by atoms with Gasteiger partial charge < -0.3 is 14.3 Å². The van der Waals surface area contributed by atoms with Gasteiger partial charge in [0.25, 0.3) is 0 Å². The van der Waals surface area contributed by atoms with Gasteiger partial charge in [-0.25, -0.2) is 0 Å². The lowest BCUT2D eigenvalue weighted by atomic mass is 9.97. The summed E-state index contributed by atoms with van der Waals surface area (Å²) in [4.78, 5) is 5.69. The molecule has 4 heteroatoms. The van der Waals surface area contributed by atoms with E-state index in [1.165, 1.54) is 5.39 Å². The van der Waals surface area contributed by atoms with Crippen LogP contribution in [0.25, 0.3) is 10.8 Å². The summed E-state index contributed by atoms with van der Waals surface area (Å²) in [6, 6.07) is 20.4. The smallest absolute Gasteiger partial charge is 0.137 e. The first-order chi connectivity index (χ1) is 12.8. The quantitative estimate of drug-likeness (QED) is 0.677. The molecule has 1 unspecified atom stereocenters. The van der Waals surface area contributed by atoms with Crippen LogP contribution in [0.2, 0.25) is 0 Å². The molecule has 0 radical (unpaired) electrons. The number of methoxy groups -OCH3 is 2. The Kier molecular flexibility index (Phi) is 4.48. The minimum absolute atomic E-state index is 0.0159. The van der Waals surface area contributed by atoms with Gasteiger partial charge in [0.1, 0.15) is 17.6 Å². The molecule has 1 heterocycles. The minimum Gasteiger partial charge on any atom is -0.497 e. The fraction of sp³-hybridized carbons (Fsp3) is 0.227. The zero-order chi connectivity index (χ0) is 17.9. The standard InChI is InChI=1S/C22H21NO3/c1-24-18-11-9-16(10-12-18)21-14-19(26-23-21)13-17-8-7-15-5-3-4-6-20(15)22(17)25-2/h3-12,19H,13-14H2,1-2H3. The molecule has 26 heavy (non-hydrogen) atoms. The van der Waals surface area contributed by atoms with Gasteiger partial charge in [-0.3, -0.25) is 0 Å². The molecular formula is C22H21NO3. The van der Waals surface area contributed by atoms with E-state index in [0.29, 0.717) is 0 Å². The van der Waals surface area contributed by atoms with Crippen LogP contribution >= 0.6 is 0 Å². The largest absolute Gasteiger partial charge is 0.497 e. The van der Waals surface area contributed by atoms with Gasteiger partial charge in [0.2, 0.25) is 0 Å². The average molecular weight is 347 g/mol. The second-order valence-electron chi connectivity index (χ2n) is 6.38. The van der Waals surface area contributed by atoms with Crippen LogP contribution < -0.4 is 9.47 Å². The van der Waals surface area contributed by atoms with Crippen molar-refractivity contribution in [2.75, 3.05) is 14.2 Å². The van der Waals surface area contributed by atoms with Gasteiger partial charge in [0, 0.05) is 18.2 Å². The maximum atomic E-state index is 5.70. The molecule has 0 bridgehead atoms. The van der Waals surface area contributed by atoms with E-state index in [9.17, 15) is 0 Å². The Morgan fingerprint density at radius 1 is 0.962 bits per heavy atom. The predicted octanol–water partition coefficient (Wildman–Crippen LogP) is 4.59. The summed E-state index contributed by atoms with van der Waals surface area (Å²) in [6.07, 6.45) is 1.56. The van der Waals surface area contributed by atoms with Crippen molar-refractivity contribution in [2.24, 2.45) is 5.16 Å². The molecule has 1 aliphatic rings. The van der Waals surface area contributed by atoms with E-state index in [4.69, 9.17) is 14.3 Å². The number of oxime groups is 1. The summed E-state index contributed by atoms with van der Waals surface area (Å²) in [7, 11) is 3.39. The second-order valence-corrected chi connectivity index (χ2v) is 6.38. The van der Waals surface area contributed by atoms with E-state index in [-0.39, 0.29) is 6.10 Å². The number of ether oxygens (including phenoxy) is 2. The summed E-state index contributed by atoms with van der Waals surface area (Å²) in [5.41, 5.74) is 3.18. The lowest BCUT2D eigenvalue weighted by molar-refractivity contribution is 0.0855. The first-order valence-corrected chi connectivity index (χ1v) is 8.70. The van der Waals surface area contributed by atoms with Crippen molar-refractivity contribution in [3.05, 3.63) is 71.8 Å². The molecule has 132 valence electrons. The molecule has 0 aliphatic carbocycles. The zero-order valence-electron chi connectivity index (χ0n) is 14.9. The molecule has 1 aliphatic heterocycles. The number of hydrogen-bond acceptors (Lipinski definition) is 4. The van der Waals surface area contributed by atoms with Crippen LogP contribution in [0.1, 0.15) is 17.5 Å². The van der Waals surface area contributed by atoms with Gasteiger partial charge >= 0.3 is 0 Å². The molecule has 4 rings (SSSR count). The SMILES string of the molecule is COc1ccc(C2=NOC(Cc3ccc4ccccc4c3OC)C2)cc1. The van der Waals surface area contributed by atoms with Crippen molar-refractivity contribution >= 4 is 16.5 Å². The molecular weight excluding hydrogens is 326 g/mol. The Morgan fingerprint density at radius 3 is 2.54 bits per heavy atom. The molecule has 0 saturated carbocycles. The van der Waals surface area contributed by atoms with E-state index >= 15 is 0 Å². The molecule has 0 fully saturated rings. The second kappa shape index (κ2) is 7.08. The number of hydrogen-bond donors (Lipinski definition) is 0. The summed E-state index contributed by atoms with van der Waals surface area (Å²) in [5.74, 6) is 1.76. The van der Waals surface area contributed by atoms with E-state index in [1.54, 1.807) is 14.2 Å². The lowest BCUT2D eigenvalue weighted by Gasteiger charge is -2.14. The Hall–Kier alpha value is -3.01. The first kappa shape index (κ1) is 16.5. The third-order valence-electron chi connectivity index (χ3n) is 4.77. The number of rotatable bonds is 5. The van der Waals surface area contributed by atoms with Crippen LogP contribution in [0.15, 0.2) is 65.8 Å². The fourth-order valence-corrected chi connectivity index (χ4v) is 3.43. The van der Waals surface area contributed by atoms with Crippen LogP contribution in [0.4, 0.5) is 0 Å². The topological polar surface area (TPSA) is 40.0 Å². The van der Waals surface area contributed by atoms with E-state index in [2.05, 4.69) is 29.4 Å². The molecule has 1 atom stereocenters. The van der Waals surface area contributed by atoms with E-state index < -0.39 is 0 Å². The average Bonchev–Trinajstić information content (AvgIpc) is 3.16. The van der Waals surface area contributed by atoms with Crippen LogP contribution in [-0.4, -0.2) is 26.0 Å². The summed E-state index contributed by atoms with van der Waals surface area (Å²) in [6.45, 7) is 0. The highest BCUT2D eigenvalue weighted by Crippen LogP contribution is 2.32. The van der Waals surface area contributed by atoms with E-state index in [0.717, 1.165) is 46.6 Å². The van der Waals surface area contributed by atoms with Crippen molar-refractivity contribution in [1.82, 2.24) is 0 Å². The van der Waals surface area contributed by atoms with Crippen LogP contribution in [-0.2, 0) is 11.3 Å². The van der Waals surface area contributed by atoms with Crippen molar-refractivity contribution < 1.29 is 14.3 Å². The van der Waals surface area contributed by atoms with Gasteiger partial charge in [0.15, 0.2) is 0 Å². The summed E-state index contributed by atoms with van der Waals surface area (Å²) < 4.78 is 10.9. The highest BCUT2D eigenvalue weighted by Gasteiger charge is 2.24. The maximum absolute atomic E-state index is 5.70. The van der Waals surface area contributed by atoms with Crippen molar-refractivity contribution in [2.45, 2.75) is 18.9 Å². The van der Waals surface area contributed by atoms with Crippen LogP contribution in [0.5, 0.6) is 11.5 Å². The zero-order valence-corrected chi connectivity index (χ0v) is 14.9. The Labute approximate surface area is 153 Å². The number of nitrogens with zero attached hydrogens (tertiary/aromatic N) is 1. The third-order valence-corrected chi connectivity index (χ3v) is 4.77. The Bertz CT molecular complexity index is 947. The van der Waals surface area contributed by atoms with Crippen molar-refractivity contribution in [1.29, 1.82) is 0 Å². The summed E-state index contributed by atoms with van der Waals surface area (Å²) >= 11 is 0. The fourth-order valence-electron chi connectivity index (χ4n) is 3.43. The molecule has 0 saturated heterocycles. The molecule has 3 aromatic rings. The molecule has 0 amide bonds. The highest BCUT2D eigenvalue weighted by molar-refractivity contribution is 6.01. The van der Waals surface area contributed by atoms with Gasteiger partial charge in [-0.15, -0.1) is 0 Å². The predicted molar refractivity (Wildman–Crippen MR) is 103 cm³/mol. The van der Waals surface area contributed by atoms with Gasteiger partial charge in [-0.1, -0.05) is 41.6 Å². The Balaban J connectivity index is 1.51. The molecule has 4 nitrogen and oxygen atoms in total. The Morgan fingerprint density at radius 2 is 1.77 bits per heavy atom. The van der Waals surface area contributed by atoms with Gasteiger partial charge in [-0.2, -0.15) is 0 Å². The summed E-state index contributed by atoms with van der Waals surface area (Å²) in [5, 5.41) is 6.60. The number of fused-ring (bicyclic) bond motifs is 1.